The van der Waals surface area contributed by atoms with Crippen molar-refractivity contribution in [1.29, 1.82) is 0 Å². The van der Waals surface area contributed by atoms with Gasteiger partial charge in [-0.15, -0.1) is 0 Å². The van der Waals surface area contributed by atoms with E-state index >= 15 is 28.8 Å². The molecule has 0 radical (unpaired) electrons. The molecule has 3 heterocycles. The van der Waals surface area contributed by atoms with Crippen LogP contribution < -0.4 is 85.1 Å². The minimum Gasteiger partial charge on any atom is -0.395 e. The van der Waals surface area contributed by atoms with Crippen LogP contribution in [0.25, 0.3) is 32.7 Å². The standard InChI is InChI=1S/C101H147N19O20/c1-19-62(16)87(104-51-122)98(137)103-47-83(126)105-63(17)88(127)107-72(39-55(2)3)91(130)106-64(18)89(128)115-85(60(12)13)100(139)117-86(61(14)15)101(140)116-84(59(10)11)99(138)114-79(46-68-50-120(54-125)82-36-28-25-33-71(68)82)97(136)110-73(40-56(4)5)92(131)111-76(43-65-29-21-20-22-30-65)95(134)108-75(42-58(8)9)94(133)113-78(45-67-49-119(53-124)81-35-27-24-32-70(67)81)96(135)109-74(41-57(6)7)93(132)112-77(90(129)102-37-38-121)44-66-48-118(52-123)80-34-26-23-31-69(66)80/h20-36,48-51,55-64,72-79,84-87,121,123-125H,19,37-47,52-54H2,1-18H3,(H,102,129)(H,103,137)(H,104,122)(H,105,126)(H,106,130)(H,107,127)(H,108,134)(H,109,135)(H,110,136)(H,111,131)(H,112,132)(H,113,133)(H,114,138)(H,115,128)(H,116,140)(H,117,139)/t62-,63-,64-,72+,73+,74+,75+,76-,77-,78-,79-,84+,85+,86-,87-/m0/s1. The van der Waals surface area contributed by atoms with Crippen LogP contribution in [-0.2, 0) is 123 Å². The number of fused-ring (bicyclic) bond motifs is 3. The Kier molecular flexibility index (Phi) is 44.7. The monoisotopic (exact) mass is 1950 g/mol. The van der Waals surface area contributed by atoms with Crippen molar-refractivity contribution in [1.82, 2.24) is 98.8 Å². The first kappa shape index (κ1) is 114. The number of nitrogens with one attached hydrogen (secondary N) is 16. The largest absolute Gasteiger partial charge is 0.395 e. The molecule has 39 heteroatoms. The van der Waals surface area contributed by atoms with Crippen molar-refractivity contribution in [2.24, 2.45) is 47.3 Å². The van der Waals surface area contributed by atoms with E-state index in [1.807, 2.05) is 26.8 Å². The highest BCUT2D eigenvalue weighted by atomic mass is 16.3. The summed E-state index contributed by atoms with van der Waals surface area (Å²) in [6.07, 6.45) is 5.12. The Balaban J connectivity index is 1.12. The molecule has 15 atom stereocenters. The van der Waals surface area contributed by atoms with E-state index in [0.717, 1.165) is 0 Å². The summed E-state index contributed by atoms with van der Waals surface area (Å²) in [5.74, 6) is -15.3. The first-order valence-corrected chi connectivity index (χ1v) is 48.2. The van der Waals surface area contributed by atoms with Crippen LogP contribution in [-0.4, -0.2) is 233 Å². The number of aliphatic hydroxyl groups is 4. The van der Waals surface area contributed by atoms with E-state index in [-0.39, 0.29) is 94.2 Å². The zero-order valence-electron chi connectivity index (χ0n) is 83.6. The third kappa shape index (κ3) is 33.3. The Bertz CT molecular complexity index is 5400. The number of aromatic nitrogens is 3. The average Bonchev–Trinajstić information content (AvgIpc) is 1.66. The van der Waals surface area contributed by atoms with Gasteiger partial charge in [-0.1, -0.05) is 202 Å². The van der Waals surface area contributed by atoms with E-state index in [2.05, 4.69) is 85.1 Å². The molecule has 0 spiro atoms. The third-order valence-corrected chi connectivity index (χ3v) is 24.4. The van der Waals surface area contributed by atoms with Crippen LogP contribution in [0.5, 0.6) is 0 Å². The lowest BCUT2D eigenvalue weighted by Crippen LogP contribution is -2.62. The summed E-state index contributed by atoms with van der Waals surface area (Å²) in [6.45, 7) is 28.1. The van der Waals surface area contributed by atoms with Crippen molar-refractivity contribution >= 4 is 128 Å². The van der Waals surface area contributed by atoms with Gasteiger partial charge in [0.2, 0.25) is 95.0 Å². The van der Waals surface area contributed by atoms with Gasteiger partial charge < -0.3 is 119 Å². The molecular formula is C101H147N19O20. The molecule has 39 nitrogen and oxygen atoms in total. The van der Waals surface area contributed by atoms with E-state index in [1.54, 1.807) is 215 Å². The zero-order valence-corrected chi connectivity index (χ0v) is 83.6. The number of carbonyl (C=O) groups is 16. The van der Waals surface area contributed by atoms with Gasteiger partial charge in [0.05, 0.1) is 29.7 Å². The van der Waals surface area contributed by atoms with Crippen LogP contribution >= 0.6 is 0 Å². The van der Waals surface area contributed by atoms with Gasteiger partial charge >= 0.3 is 0 Å². The molecule has 766 valence electrons. The molecule has 0 fully saturated rings. The average molecular weight is 1950 g/mol. The number of amides is 16. The second-order valence-electron chi connectivity index (χ2n) is 38.7. The number of carbonyl (C=O) groups excluding carboxylic acids is 16. The SMILES string of the molecule is CC[C@H](C)[C@H](NC=O)C(=O)NCC(=O)N[C@@H](C)C(=O)N[C@H](CC(C)C)C(=O)N[C@@H](C)C(=O)N[C@@H](C(=O)N[C@H](C(=O)N[C@@H](C(=O)N[C@@H](Cc1cn(CO)c2ccccc12)C(=O)N[C@H](CC(C)C)C(=O)N[C@@H](Cc1ccccc1)C(=O)N[C@H](CC(C)C)C(=O)N[C@@H](Cc1cn(CO)c2ccccc12)C(=O)N[C@H](CC(C)C)C(=O)N[C@@H](Cc1cn(CO)c2ccccc12)C(=O)NCCO)C(C)C)C(C)C)C(C)C. The number of hydrogen-bond acceptors (Lipinski definition) is 20. The summed E-state index contributed by atoms with van der Waals surface area (Å²) in [5.41, 5.74) is 3.97. The molecule has 0 unspecified atom stereocenters. The second kappa shape index (κ2) is 55.0. The summed E-state index contributed by atoms with van der Waals surface area (Å²) < 4.78 is 4.66. The van der Waals surface area contributed by atoms with Crippen LogP contribution in [0.1, 0.15) is 179 Å². The minimum absolute atomic E-state index is 0.0307. The highest BCUT2D eigenvalue weighted by Crippen LogP contribution is 2.28. The molecule has 0 aliphatic heterocycles. The molecule has 0 saturated heterocycles. The van der Waals surface area contributed by atoms with Crippen LogP contribution in [0.15, 0.2) is 122 Å². The zero-order chi connectivity index (χ0) is 104. The maximum atomic E-state index is 15.6. The molecule has 7 rings (SSSR count). The van der Waals surface area contributed by atoms with E-state index < -0.39 is 218 Å². The number of rotatable bonds is 57. The van der Waals surface area contributed by atoms with Crippen molar-refractivity contribution in [3.8, 4) is 0 Å². The highest BCUT2D eigenvalue weighted by Gasteiger charge is 2.41. The molecule has 0 aliphatic rings. The first-order chi connectivity index (χ1) is 66.3. The summed E-state index contributed by atoms with van der Waals surface area (Å²) in [4.78, 5) is 229. The molecule has 4 aromatic carbocycles. The Morgan fingerprint density at radius 2 is 0.600 bits per heavy atom. The minimum atomic E-state index is -1.56. The third-order valence-electron chi connectivity index (χ3n) is 24.4. The summed E-state index contributed by atoms with van der Waals surface area (Å²) in [6, 6.07) is 11.0. The van der Waals surface area contributed by atoms with Gasteiger partial charge in [0.1, 0.15) is 105 Å². The summed E-state index contributed by atoms with van der Waals surface area (Å²) in [5, 5.41) is 86.6. The molecule has 0 aliphatic carbocycles. The van der Waals surface area contributed by atoms with Crippen LogP contribution in [0.4, 0.5) is 0 Å². The fraction of sp³-hybridized carbons (Fsp3) is 0.545. The number of para-hydroxylation sites is 3. The fourth-order valence-electron chi connectivity index (χ4n) is 16.7. The van der Waals surface area contributed by atoms with Gasteiger partial charge in [0.25, 0.3) is 0 Å². The lowest BCUT2D eigenvalue weighted by atomic mass is 9.97. The predicted octanol–water partition coefficient (Wildman–Crippen LogP) is 2.55. The predicted molar refractivity (Wildman–Crippen MR) is 528 cm³/mol. The van der Waals surface area contributed by atoms with Gasteiger partial charge in [-0.05, 0) is 127 Å². The topological polar surface area (TPSA) is 561 Å². The lowest BCUT2D eigenvalue weighted by molar-refractivity contribution is -0.137. The Labute approximate surface area is 817 Å². The summed E-state index contributed by atoms with van der Waals surface area (Å²) in [7, 11) is 0. The van der Waals surface area contributed by atoms with Crippen LogP contribution in [0.3, 0.4) is 0 Å². The maximum absolute atomic E-state index is 15.6. The first-order valence-electron chi connectivity index (χ1n) is 48.2. The van der Waals surface area contributed by atoms with E-state index in [1.165, 1.54) is 18.4 Å². The molecule has 3 aromatic heterocycles. The van der Waals surface area contributed by atoms with Crippen molar-refractivity contribution in [3.05, 3.63) is 144 Å². The quantitative estimate of drug-likeness (QED) is 0.0244. The highest BCUT2D eigenvalue weighted by molar-refractivity contribution is 6.02. The number of benzene rings is 4. The van der Waals surface area contributed by atoms with Crippen molar-refractivity contribution in [2.75, 3.05) is 19.7 Å². The van der Waals surface area contributed by atoms with E-state index in [9.17, 15) is 68.4 Å². The van der Waals surface area contributed by atoms with Gasteiger partial charge in [0.15, 0.2) is 0 Å². The number of aliphatic hydroxyl groups excluding tert-OH is 4. The summed E-state index contributed by atoms with van der Waals surface area (Å²) >= 11 is 0. The molecule has 16 amide bonds. The van der Waals surface area contributed by atoms with Crippen molar-refractivity contribution in [3.63, 3.8) is 0 Å². The van der Waals surface area contributed by atoms with Crippen molar-refractivity contribution < 1.29 is 97.1 Å². The van der Waals surface area contributed by atoms with Gasteiger partial charge in [-0.25, -0.2) is 0 Å². The number of nitrogens with zero attached hydrogens (tertiary/aromatic N) is 3. The van der Waals surface area contributed by atoms with Gasteiger partial charge in [0, 0.05) is 67.0 Å². The lowest BCUT2D eigenvalue weighted by Gasteiger charge is -2.31. The molecule has 0 saturated carbocycles. The molecule has 7 aromatic rings. The molecular weight excluding hydrogens is 1800 g/mol. The Morgan fingerprint density at radius 1 is 0.307 bits per heavy atom. The van der Waals surface area contributed by atoms with Crippen LogP contribution in [0.2, 0.25) is 0 Å². The van der Waals surface area contributed by atoms with E-state index in [0.29, 0.717) is 67.8 Å². The van der Waals surface area contributed by atoms with Gasteiger partial charge in [-0.2, -0.15) is 0 Å². The second-order valence-corrected chi connectivity index (χ2v) is 38.7. The smallest absolute Gasteiger partial charge is 0.243 e. The molecule has 140 heavy (non-hydrogen) atoms. The maximum Gasteiger partial charge on any atom is 0.243 e. The molecule has 0 bridgehead atoms. The normalized spacial score (nSPS) is 14.8. The van der Waals surface area contributed by atoms with E-state index in [4.69, 9.17) is 0 Å². The molecule has 20 N–H and O–H groups in total. The van der Waals surface area contributed by atoms with Crippen LogP contribution in [0, 0.1) is 47.3 Å². The Morgan fingerprint density at radius 3 is 0.943 bits per heavy atom. The number of hydrogen-bond donors (Lipinski definition) is 20. The van der Waals surface area contributed by atoms with Gasteiger partial charge in [-0.3, -0.25) is 76.7 Å². The fourth-order valence-corrected chi connectivity index (χ4v) is 16.7. The Hall–Kier alpha value is -13.1. The van der Waals surface area contributed by atoms with Crippen molar-refractivity contribution in [2.45, 2.75) is 287 Å².